The number of aliphatic hydroxyl groups is 1. The number of rotatable bonds is 2. The van der Waals surface area contributed by atoms with E-state index in [0.717, 1.165) is 12.1 Å². The molecule has 2 heteroatoms. The van der Waals surface area contributed by atoms with Crippen LogP contribution in [-0.4, -0.2) is 17.5 Å². The summed E-state index contributed by atoms with van der Waals surface area (Å²) in [4.78, 5) is 4.15. The summed E-state index contributed by atoms with van der Waals surface area (Å²) < 4.78 is 0. The van der Waals surface area contributed by atoms with Gasteiger partial charge in [0, 0.05) is 5.71 Å². The Morgan fingerprint density at radius 1 is 1.08 bits per heavy atom. The summed E-state index contributed by atoms with van der Waals surface area (Å²) in [6.07, 6.45) is 0.942. The first kappa shape index (κ1) is 12.6. The molecular formula is C11H23NO. The molecule has 1 N–H and O–H groups in total. The molecule has 0 spiro atoms. The minimum Gasteiger partial charge on any atom is -0.375 e. The van der Waals surface area contributed by atoms with Crippen molar-refractivity contribution in [2.24, 2.45) is 15.8 Å². The Morgan fingerprint density at radius 2 is 1.54 bits per heavy atom. The molecular weight excluding hydrogens is 162 g/mol. The van der Waals surface area contributed by atoms with Crippen LogP contribution in [0.25, 0.3) is 0 Å². The van der Waals surface area contributed by atoms with E-state index >= 15 is 0 Å². The molecule has 0 aromatic heterocycles. The van der Waals surface area contributed by atoms with E-state index in [-0.39, 0.29) is 17.6 Å². The topological polar surface area (TPSA) is 32.6 Å². The van der Waals surface area contributed by atoms with E-state index < -0.39 is 0 Å². The predicted octanol–water partition coefficient (Wildman–Crippen LogP) is 2.86. The zero-order valence-electron chi connectivity index (χ0n) is 9.81. The average molecular weight is 185 g/mol. The zero-order chi connectivity index (χ0) is 10.7. The fourth-order valence-electron chi connectivity index (χ4n) is 1.15. The minimum absolute atomic E-state index is 0.0655. The van der Waals surface area contributed by atoms with Crippen molar-refractivity contribution in [3.05, 3.63) is 0 Å². The number of aliphatic hydroxyl groups excluding tert-OH is 1. The van der Waals surface area contributed by atoms with Crippen LogP contribution in [0.2, 0.25) is 0 Å². The highest BCUT2D eigenvalue weighted by molar-refractivity contribution is 5.89. The summed E-state index contributed by atoms with van der Waals surface area (Å²) in [6.45, 7) is 12.9. The molecule has 0 bridgehead atoms. The van der Waals surface area contributed by atoms with Crippen LogP contribution in [0, 0.1) is 10.8 Å². The number of hydrogen-bond donors (Lipinski definition) is 1. The first-order chi connectivity index (χ1) is 5.67. The molecule has 0 fully saturated rings. The molecule has 13 heavy (non-hydrogen) atoms. The average Bonchev–Trinajstić information content (AvgIpc) is 1.81. The quantitative estimate of drug-likeness (QED) is 0.659. The molecule has 0 saturated carbocycles. The van der Waals surface area contributed by atoms with E-state index in [1.807, 2.05) is 0 Å². The highest BCUT2D eigenvalue weighted by atomic mass is 16.3. The molecule has 0 aromatic carbocycles. The van der Waals surface area contributed by atoms with Crippen LogP contribution >= 0.6 is 0 Å². The van der Waals surface area contributed by atoms with Crippen molar-refractivity contribution >= 4 is 5.71 Å². The molecule has 0 aliphatic rings. The number of hydrogen-bond acceptors (Lipinski definition) is 2. The van der Waals surface area contributed by atoms with Gasteiger partial charge in [-0.1, -0.05) is 41.5 Å². The number of nitrogens with zero attached hydrogens (tertiary/aromatic N) is 1. The van der Waals surface area contributed by atoms with Crippen molar-refractivity contribution in [1.82, 2.24) is 0 Å². The van der Waals surface area contributed by atoms with Gasteiger partial charge in [0.1, 0.15) is 6.73 Å². The van der Waals surface area contributed by atoms with Crippen LogP contribution in [0.4, 0.5) is 0 Å². The van der Waals surface area contributed by atoms with Crippen LogP contribution in [0.3, 0.4) is 0 Å². The molecule has 0 saturated heterocycles. The molecule has 0 amide bonds. The van der Waals surface area contributed by atoms with Crippen molar-refractivity contribution in [2.75, 3.05) is 6.73 Å². The summed E-state index contributed by atoms with van der Waals surface area (Å²) in [5.74, 6) is 0. The Labute approximate surface area is 82.1 Å². The smallest absolute Gasteiger partial charge is 0.134 e. The van der Waals surface area contributed by atoms with E-state index in [0.29, 0.717) is 0 Å². The minimum atomic E-state index is -0.0946. The maximum Gasteiger partial charge on any atom is 0.134 e. The van der Waals surface area contributed by atoms with Gasteiger partial charge in [0.2, 0.25) is 0 Å². The van der Waals surface area contributed by atoms with Gasteiger partial charge in [-0.05, 0) is 17.3 Å². The monoisotopic (exact) mass is 185 g/mol. The summed E-state index contributed by atoms with van der Waals surface area (Å²) in [5.41, 5.74) is 1.40. The van der Waals surface area contributed by atoms with Crippen molar-refractivity contribution in [2.45, 2.75) is 48.0 Å². The Hall–Kier alpha value is -0.370. The van der Waals surface area contributed by atoms with Crippen molar-refractivity contribution in [3.8, 4) is 0 Å². The Morgan fingerprint density at radius 3 is 1.77 bits per heavy atom. The van der Waals surface area contributed by atoms with Gasteiger partial charge >= 0.3 is 0 Å². The molecule has 0 rings (SSSR count). The van der Waals surface area contributed by atoms with Gasteiger partial charge in [-0.2, -0.15) is 0 Å². The van der Waals surface area contributed by atoms with E-state index in [4.69, 9.17) is 5.11 Å². The van der Waals surface area contributed by atoms with Gasteiger partial charge in [-0.3, -0.25) is 4.99 Å². The fourth-order valence-corrected chi connectivity index (χ4v) is 1.15. The van der Waals surface area contributed by atoms with E-state index in [1.54, 1.807) is 0 Å². The van der Waals surface area contributed by atoms with Gasteiger partial charge in [0.15, 0.2) is 0 Å². The maximum absolute atomic E-state index is 8.81. The highest BCUT2D eigenvalue weighted by Crippen LogP contribution is 2.27. The second-order valence-corrected chi connectivity index (χ2v) is 5.73. The van der Waals surface area contributed by atoms with Gasteiger partial charge < -0.3 is 5.11 Å². The van der Waals surface area contributed by atoms with Crippen molar-refractivity contribution < 1.29 is 5.11 Å². The lowest BCUT2D eigenvalue weighted by Crippen LogP contribution is -2.26. The van der Waals surface area contributed by atoms with E-state index in [1.165, 1.54) is 0 Å². The molecule has 0 atom stereocenters. The van der Waals surface area contributed by atoms with Crippen LogP contribution in [0.1, 0.15) is 48.0 Å². The van der Waals surface area contributed by atoms with Gasteiger partial charge in [0.25, 0.3) is 0 Å². The summed E-state index contributed by atoms with van der Waals surface area (Å²) in [7, 11) is 0. The fraction of sp³-hybridized carbons (Fsp3) is 0.909. The third-order valence-corrected chi connectivity index (χ3v) is 1.83. The van der Waals surface area contributed by atoms with Crippen molar-refractivity contribution in [3.63, 3.8) is 0 Å². The second-order valence-electron chi connectivity index (χ2n) is 5.73. The third kappa shape index (κ3) is 5.81. The zero-order valence-corrected chi connectivity index (χ0v) is 9.81. The number of aliphatic imine (C=N–C) groups is 1. The Bertz CT molecular complexity index is 181. The Kier molecular flexibility index (Phi) is 4.11. The summed E-state index contributed by atoms with van der Waals surface area (Å²) >= 11 is 0. The van der Waals surface area contributed by atoms with E-state index in [2.05, 4.69) is 46.5 Å². The standard InChI is InChI=1S/C11H23NO/c1-10(2,3)7-9(12-8-13)11(4,5)6/h13H,7-8H2,1-6H3. The van der Waals surface area contributed by atoms with Gasteiger partial charge in [0.05, 0.1) is 0 Å². The van der Waals surface area contributed by atoms with Crippen LogP contribution in [0.15, 0.2) is 4.99 Å². The largest absolute Gasteiger partial charge is 0.375 e. The van der Waals surface area contributed by atoms with Crippen molar-refractivity contribution in [1.29, 1.82) is 0 Å². The first-order valence-corrected chi connectivity index (χ1v) is 4.81. The molecule has 0 radical (unpaired) electrons. The maximum atomic E-state index is 8.81. The predicted molar refractivity (Wildman–Crippen MR) is 58.0 cm³/mol. The van der Waals surface area contributed by atoms with Gasteiger partial charge in [-0.25, -0.2) is 0 Å². The highest BCUT2D eigenvalue weighted by Gasteiger charge is 2.23. The SMILES string of the molecule is CC(C)(C)CC(=NCO)C(C)(C)C. The summed E-state index contributed by atoms with van der Waals surface area (Å²) in [5, 5.41) is 8.81. The molecule has 78 valence electrons. The van der Waals surface area contributed by atoms with Crippen LogP contribution in [-0.2, 0) is 0 Å². The molecule has 2 nitrogen and oxygen atoms in total. The molecule has 0 unspecified atom stereocenters. The molecule has 0 aliphatic heterocycles. The third-order valence-electron chi connectivity index (χ3n) is 1.83. The molecule has 0 heterocycles. The lowest BCUT2D eigenvalue weighted by atomic mass is 9.79. The lowest BCUT2D eigenvalue weighted by Gasteiger charge is -2.27. The van der Waals surface area contributed by atoms with Crippen LogP contribution in [0.5, 0.6) is 0 Å². The lowest BCUT2D eigenvalue weighted by molar-refractivity contribution is 0.304. The Balaban J connectivity index is 4.57. The summed E-state index contributed by atoms with van der Waals surface area (Å²) in [6, 6.07) is 0. The second kappa shape index (κ2) is 4.23. The van der Waals surface area contributed by atoms with Gasteiger partial charge in [-0.15, -0.1) is 0 Å². The normalized spacial score (nSPS) is 14.8. The molecule has 0 aromatic rings. The molecule has 0 aliphatic carbocycles. The van der Waals surface area contributed by atoms with Crippen LogP contribution < -0.4 is 0 Å². The first-order valence-electron chi connectivity index (χ1n) is 4.81. The van der Waals surface area contributed by atoms with E-state index in [9.17, 15) is 0 Å².